The standard InChI is InChI=1S/C12H15N3O2.ClH/c1-7-8(2)15(6-11(16)17-3)10-5-14-4-9(13)12(7)10;/h4-5H,6,13H2,1-3H3;1H. The Bertz CT molecular complexity index is 593. The van der Waals surface area contributed by atoms with E-state index in [-0.39, 0.29) is 24.9 Å². The molecule has 2 aromatic heterocycles. The predicted molar refractivity (Wildman–Crippen MR) is 72.9 cm³/mol. The van der Waals surface area contributed by atoms with Gasteiger partial charge in [0.05, 0.1) is 30.7 Å². The maximum Gasteiger partial charge on any atom is 0.325 e. The zero-order chi connectivity index (χ0) is 12.6. The van der Waals surface area contributed by atoms with Gasteiger partial charge in [-0.2, -0.15) is 0 Å². The molecule has 0 saturated heterocycles. The van der Waals surface area contributed by atoms with Gasteiger partial charge in [-0.15, -0.1) is 12.4 Å². The number of esters is 1. The third-order valence-corrected chi connectivity index (χ3v) is 3.08. The van der Waals surface area contributed by atoms with Gasteiger partial charge >= 0.3 is 5.97 Å². The zero-order valence-electron chi connectivity index (χ0n) is 10.6. The highest BCUT2D eigenvalue weighted by molar-refractivity contribution is 5.95. The minimum absolute atomic E-state index is 0. The number of carbonyl (C=O) groups is 1. The molecule has 0 radical (unpaired) electrons. The Hall–Kier alpha value is -1.75. The van der Waals surface area contributed by atoms with Crippen molar-refractivity contribution >= 4 is 35.0 Å². The molecule has 98 valence electrons. The number of methoxy groups -OCH3 is 1. The SMILES string of the molecule is COC(=O)Cn1c(C)c(C)c2c(N)cncc21.Cl. The summed E-state index contributed by atoms with van der Waals surface area (Å²) >= 11 is 0. The van der Waals surface area contributed by atoms with Crippen LogP contribution in [0.15, 0.2) is 12.4 Å². The first-order valence-electron chi connectivity index (χ1n) is 5.32. The normalized spacial score (nSPS) is 10.2. The molecule has 0 spiro atoms. The third-order valence-electron chi connectivity index (χ3n) is 3.08. The highest BCUT2D eigenvalue weighted by Crippen LogP contribution is 2.28. The van der Waals surface area contributed by atoms with Crippen molar-refractivity contribution in [3.8, 4) is 0 Å². The number of carbonyl (C=O) groups excluding carboxylic acids is 1. The molecule has 6 heteroatoms. The van der Waals surface area contributed by atoms with Crippen LogP contribution in [0.4, 0.5) is 5.69 Å². The summed E-state index contributed by atoms with van der Waals surface area (Å²) in [4.78, 5) is 15.4. The number of anilines is 1. The molecule has 18 heavy (non-hydrogen) atoms. The number of pyridine rings is 1. The van der Waals surface area contributed by atoms with Crippen molar-refractivity contribution in [3.63, 3.8) is 0 Å². The number of nitrogens with zero attached hydrogens (tertiary/aromatic N) is 2. The van der Waals surface area contributed by atoms with Crippen molar-refractivity contribution in [2.75, 3.05) is 12.8 Å². The largest absolute Gasteiger partial charge is 0.468 e. The maximum absolute atomic E-state index is 11.4. The number of rotatable bonds is 2. The molecule has 0 unspecified atom stereocenters. The number of nitrogen functional groups attached to an aromatic ring is 1. The molecule has 2 N–H and O–H groups in total. The lowest BCUT2D eigenvalue weighted by Gasteiger charge is -2.06. The Labute approximate surface area is 111 Å². The molecular formula is C12H16ClN3O2. The van der Waals surface area contributed by atoms with Gasteiger partial charge in [-0.25, -0.2) is 0 Å². The fourth-order valence-corrected chi connectivity index (χ4v) is 2.04. The van der Waals surface area contributed by atoms with E-state index in [1.165, 1.54) is 7.11 Å². The van der Waals surface area contributed by atoms with Gasteiger partial charge in [0.25, 0.3) is 0 Å². The van der Waals surface area contributed by atoms with Gasteiger partial charge < -0.3 is 15.0 Å². The van der Waals surface area contributed by atoms with E-state index in [2.05, 4.69) is 9.72 Å². The molecule has 0 atom stereocenters. The fourth-order valence-electron chi connectivity index (χ4n) is 2.04. The van der Waals surface area contributed by atoms with Crippen molar-refractivity contribution in [2.45, 2.75) is 20.4 Å². The first-order valence-corrected chi connectivity index (χ1v) is 5.32. The van der Waals surface area contributed by atoms with E-state index >= 15 is 0 Å². The van der Waals surface area contributed by atoms with Crippen LogP contribution in [0.3, 0.4) is 0 Å². The van der Waals surface area contributed by atoms with Crippen LogP contribution in [0.5, 0.6) is 0 Å². The van der Waals surface area contributed by atoms with E-state index in [1.54, 1.807) is 12.4 Å². The molecule has 0 aliphatic carbocycles. The van der Waals surface area contributed by atoms with Crippen LogP contribution in [0.25, 0.3) is 10.9 Å². The predicted octanol–water partition coefficient (Wildman–Crippen LogP) is 1.83. The lowest BCUT2D eigenvalue weighted by molar-refractivity contribution is -0.141. The molecule has 0 fully saturated rings. The summed E-state index contributed by atoms with van der Waals surface area (Å²) in [6, 6.07) is 0. The van der Waals surface area contributed by atoms with Gasteiger partial charge in [-0.05, 0) is 19.4 Å². The summed E-state index contributed by atoms with van der Waals surface area (Å²) < 4.78 is 6.56. The Morgan fingerprint density at radius 1 is 1.44 bits per heavy atom. The van der Waals surface area contributed by atoms with Crippen LogP contribution >= 0.6 is 12.4 Å². The molecule has 5 nitrogen and oxygen atoms in total. The van der Waals surface area contributed by atoms with Crippen molar-refractivity contribution in [1.29, 1.82) is 0 Å². The molecule has 0 aromatic carbocycles. The van der Waals surface area contributed by atoms with Crippen molar-refractivity contribution in [2.24, 2.45) is 0 Å². The maximum atomic E-state index is 11.4. The molecule has 0 saturated carbocycles. The summed E-state index contributed by atoms with van der Waals surface area (Å²) in [5, 5.41) is 0.960. The number of fused-ring (bicyclic) bond motifs is 1. The van der Waals surface area contributed by atoms with Gasteiger partial charge in [0.2, 0.25) is 0 Å². The number of halogens is 1. The number of hydrogen-bond donors (Lipinski definition) is 1. The number of ether oxygens (including phenoxy) is 1. The van der Waals surface area contributed by atoms with E-state index < -0.39 is 0 Å². The van der Waals surface area contributed by atoms with Crippen LogP contribution in [-0.2, 0) is 16.1 Å². The van der Waals surface area contributed by atoms with Gasteiger partial charge in [0.15, 0.2) is 0 Å². The molecule has 0 bridgehead atoms. The third kappa shape index (κ3) is 2.13. The minimum atomic E-state index is -0.285. The number of hydrogen-bond acceptors (Lipinski definition) is 4. The van der Waals surface area contributed by atoms with E-state index in [9.17, 15) is 4.79 Å². The van der Waals surface area contributed by atoms with Crippen molar-refractivity contribution in [3.05, 3.63) is 23.7 Å². The van der Waals surface area contributed by atoms with E-state index in [0.29, 0.717) is 5.69 Å². The summed E-state index contributed by atoms with van der Waals surface area (Å²) in [6.45, 7) is 4.12. The van der Waals surface area contributed by atoms with Crippen molar-refractivity contribution in [1.82, 2.24) is 9.55 Å². The number of aryl methyl sites for hydroxylation is 1. The average Bonchev–Trinajstić information content (AvgIpc) is 2.55. The highest BCUT2D eigenvalue weighted by atomic mass is 35.5. The lowest BCUT2D eigenvalue weighted by Crippen LogP contribution is -2.12. The minimum Gasteiger partial charge on any atom is -0.468 e. The van der Waals surface area contributed by atoms with Gasteiger partial charge in [0, 0.05) is 11.1 Å². The monoisotopic (exact) mass is 269 g/mol. The average molecular weight is 270 g/mol. The van der Waals surface area contributed by atoms with E-state index in [4.69, 9.17) is 5.73 Å². The summed E-state index contributed by atoms with van der Waals surface area (Å²) in [5.41, 5.74) is 9.49. The topological polar surface area (TPSA) is 70.1 Å². The molecule has 0 aliphatic rings. The molecule has 2 heterocycles. The van der Waals surface area contributed by atoms with Crippen LogP contribution in [-0.4, -0.2) is 22.6 Å². The van der Waals surface area contributed by atoms with Crippen LogP contribution in [0.2, 0.25) is 0 Å². The smallest absolute Gasteiger partial charge is 0.325 e. The van der Waals surface area contributed by atoms with Gasteiger partial charge in [-0.1, -0.05) is 0 Å². The Balaban J connectivity index is 0.00000162. The number of aromatic nitrogens is 2. The van der Waals surface area contributed by atoms with Gasteiger partial charge in [0.1, 0.15) is 6.54 Å². The van der Waals surface area contributed by atoms with E-state index in [0.717, 1.165) is 22.2 Å². The van der Waals surface area contributed by atoms with Crippen LogP contribution < -0.4 is 5.73 Å². The molecular weight excluding hydrogens is 254 g/mol. The second kappa shape index (κ2) is 5.27. The molecule has 0 aliphatic heterocycles. The first-order chi connectivity index (χ1) is 8.06. The quantitative estimate of drug-likeness (QED) is 0.845. The molecule has 2 aromatic rings. The molecule has 2 rings (SSSR count). The summed E-state index contributed by atoms with van der Waals surface area (Å²) in [5.74, 6) is -0.285. The molecule has 0 amide bonds. The van der Waals surface area contributed by atoms with Gasteiger partial charge in [-0.3, -0.25) is 9.78 Å². The Kier molecular flexibility index (Phi) is 4.19. The first kappa shape index (κ1) is 14.3. The summed E-state index contributed by atoms with van der Waals surface area (Å²) in [7, 11) is 1.38. The van der Waals surface area contributed by atoms with Crippen LogP contribution in [0.1, 0.15) is 11.3 Å². The summed E-state index contributed by atoms with van der Waals surface area (Å²) in [6.07, 6.45) is 3.34. The Morgan fingerprint density at radius 3 is 2.72 bits per heavy atom. The lowest BCUT2D eigenvalue weighted by atomic mass is 10.2. The van der Waals surface area contributed by atoms with Crippen LogP contribution in [0, 0.1) is 13.8 Å². The Morgan fingerprint density at radius 2 is 2.11 bits per heavy atom. The van der Waals surface area contributed by atoms with Crippen molar-refractivity contribution < 1.29 is 9.53 Å². The van der Waals surface area contributed by atoms with E-state index in [1.807, 2.05) is 18.4 Å². The number of nitrogens with two attached hydrogens (primary N) is 1. The zero-order valence-corrected chi connectivity index (χ0v) is 11.4. The highest BCUT2D eigenvalue weighted by Gasteiger charge is 2.15. The second-order valence-electron chi connectivity index (χ2n) is 4.00. The fraction of sp³-hybridized carbons (Fsp3) is 0.333. The second-order valence-corrected chi connectivity index (χ2v) is 4.00.